The second kappa shape index (κ2) is 11.4. The van der Waals surface area contributed by atoms with E-state index in [1.54, 1.807) is 12.7 Å². The molecule has 0 N–H and O–H groups in total. The highest BCUT2D eigenvalue weighted by atomic mass is 16.5. The molecule has 1 unspecified atom stereocenters. The summed E-state index contributed by atoms with van der Waals surface area (Å²) in [6.45, 7) is 4.83. The SMILES string of the molecule is COc1ccc2c(-c3ccc4c(c3)C3=C(CCC=C3c3ccccc3)C4(C)C)c(N(c3ccccc3)C3C=CC=CC3)ccc2c1. The highest BCUT2D eigenvalue weighted by molar-refractivity contribution is 6.12. The lowest BCUT2D eigenvalue weighted by Crippen LogP contribution is -2.30. The smallest absolute Gasteiger partial charge is 0.119 e. The maximum absolute atomic E-state index is 5.67. The summed E-state index contributed by atoms with van der Waals surface area (Å²) in [5.41, 5.74) is 13.3. The summed E-state index contributed by atoms with van der Waals surface area (Å²) in [6.07, 6.45) is 14.5. The molecule has 5 aromatic carbocycles. The first-order valence-corrected chi connectivity index (χ1v) is 16.5. The Labute approximate surface area is 272 Å². The maximum Gasteiger partial charge on any atom is 0.119 e. The molecule has 3 aliphatic rings. The average molecular weight is 598 g/mol. The molecule has 2 nitrogen and oxygen atoms in total. The fourth-order valence-electron chi connectivity index (χ4n) is 7.96. The van der Waals surface area contributed by atoms with E-state index >= 15 is 0 Å². The van der Waals surface area contributed by atoms with Crippen LogP contribution in [0.3, 0.4) is 0 Å². The molecule has 0 amide bonds. The van der Waals surface area contributed by atoms with Gasteiger partial charge in [-0.2, -0.15) is 0 Å². The first kappa shape index (κ1) is 28.4. The Balaban J connectivity index is 1.38. The molecule has 0 fully saturated rings. The molecule has 0 radical (unpaired) electrons. The van der Waals surface area contributed by atoms with Crippen molar-refractivity contribution >= 4 is 33.3 Å². The van der Waals surface area contributed by atoms with Crippen molar-refractivity contribution in [2.24, 2.45) is 0 Å². The molecule has 0 saturated heterocycles. The molecule has 0 bridgehead atoms. The van der Waals surface area contributed by atoms with Crippen LogP contribution in [-0.4, -0.2) is 13.2 Å². The molecule has 0 heterocycles. The first-order chi connectivity index (χ1) is 22.5. The topological polar surface area (TPSA) is 12.5 Å². The van der Waals surface area contributed by atoms with E-state index in [9.17, 15) is 0 Å². The largest absolute Gasteiger partial charge is 0.497 e. The Kier molecular flexibility index (Phi) is 7.02. The molecule has 3 aliphatic carbocycles. The van der Waals surface area contributed by atoms with Crippen LogP contribution in [0.4, 0.5) is 11.4 Å². The summed E-state index contributed by atoms with van der Waals surface area (Å²) in [5, 5.41) is 2.40. The summed E-state index contributed by atoms with van der Waals surface area (Å²) in [7, 11) is 1.74. The van der Waals surface area contributed by atoms with Crippen LogP contribution >= 0.6 is 0 Å². The number of ether oxygens (including phenoxy) is 1. The molecule has 8 rings (SSSR count). The van der Waals surface area contributed by atoms with Gasteiger partial charge in [0.1, 0.15) is 5.75 Å². The van der Waals surface area contributed by atoms with Crippen LogP contribution in [-0.2, 0) is 5.41 Å². The van der Waals surface area contributed by atoms with E-state index < -0.39 is 0 Å². The third kappa shape index (κ3) is 4.63. The highest BCUT2D eigenvalue weighted by Crippen LogP contribution is 2.55. The molecule has 0 saturated carbocycles. The number of nitrogens with zero attached hydrogens (tertiary/aromatic N) is 1. The van der Waals surface area contributed by atoms with Gasteiger partial charge in [-0.05, 0) is 106 Å². The van der Waals surface area contributed by atoms with Gasteiger partial charge in [-0.1, -0.05) is 117 Å². The van der Waals surface area contributed by atoms with Gasteiger partial charge in [0.15, 0.2) is 0 Å². The minimum absolute atomic E-state index is 0.0122. The van der Waals surface area contributed by atoms with Crippen LogP contribution in [0.2, 0.25) is 0 Å². The van der Waals surface area contributed by atoms with Crippen molar-refractivity contribution in [1.29, 1.82) is 0 Å². The quantitative estimate of drug-likeness (QED) is 0.193. The molecule has 1 atom stereocenters. The molecular formula is C44H39NO. The highest BCUT2D eigenvalue weighted by Gasteiger charge is 2.40. The summed E-state index contributed by atoms with van der Waals surface area (Å²) in [6, 6.07) is 40.3. The van der Waals surface area contributed by atoms with Crippen LogP contribution in [0.15, 0.2) is 145 Å². The van der Waals surface area contributed by atoms with Crippen molar-refractivity contribution < 1.29 is 4.74 Å². The van der Waals surface area contributed by atoms with Crippen LogP contribution in [0.5, 0.6) is 5.75 Å². The Hall–Kier alpha value is -5.08. The molecule has 226 valence electrons. The zero-order chi connectivity index (χ0) is 31.3. The van der Waals surface area contributed by atoms with E-state index in [0.717, 1.165) is 25.0 Å². The van der Waals surface area contributed by atoms with Gasteiger partial charge in [0.2, 0.25) is 0 Å². The van der Waals surface area contributed by atoms with E-state index in [0.29, 0.717) is 0 Å². The summed E-state index contributed by atoms with van der Waals surface area (Å²) >= 11 is 0. The standard InChI is InChI=1S/C44H39NO/c1-44(2)39-26-22-32(29-38(39)43-36(20-13-21-40(43)44)30-14-7-4-8-15-30)42-37-25-24-35(46-3)28-31(37)23-27-41(42)45(33-16-9-5-10-17-33)34-18-11-6-12-19-34/h4-12,14-18,20,22-29,34H,13,19,21H2,1-3H3. The third-order valence-corrected chi connectivity index (χ3v) is 10.2. The van der Waals surface area contributed by atoms with Crippen molar-refractivity contribution in [3.8, 4) is 16.9 Å². The third-order valence-electron chi connectivity index (χ3n) is 10.2. The van der Waals surface area contributed by atoms with Crippen molar-refractivity contribution in [3.63, 3.8) is 0 Å². The molecule has 2 heteroatoms. The molecule has 5 aromatic rings. The minimum atomic E-state index is -0.0122. The van der Waals surface area contributed by atoms with Crippen LogP contribution < -0.4 is 9.64 Å². The zero-order valence-corrected chi connectivity index (χ0v) is 26.8. The number of para-hydroxylation sites is 1. The number of anilines is 2. The second-order valence-corrected chi connectivity index (χ2v) is 13.1. The van der Waals surface area contributed by atoms with Gasteiger partial charge in [0.25, 0.3) is 0 Å². The van der Waals surface area contributed by atoms with Gasteiger partial charge in [-0.15, -0.1) is 0 Å². The lowest BCUT2D eigenvalue weighted by Gasteiger charge is -2.35. The number of hydrogen-bond donors (Lipinski definition) is 0. The first-order valence-electron chi connectivity index (χ1n) is 16.5. The number of allylic oxidation sites excluding steroid dienone is 6. The Morgan fingerprint density at radius 2 is 1.59 bits per heavy atom. The number of hydrogen-bond acceptors (Lipinski definition) is 2. The molecule has 0 aliphatic heterocycles. The average Bonchev–Trinajstić information content (AvgIpc) is 3.35. The normalized spacial score (nSPS) is 17.9. The van der Waals surface area contributed by atoms with Gasteiger partial charge < -0.3 is 9.64 Å². The van der Waals surface area contributed by atoms with Crippen molar-refractivity contribution in [1.82, 2.24) is 0 Å². The summed E-state index contributed by atoms with van der Waals surface area (Å²) in [4.78, 5) is 2.52. The monoisotopic (exact) mass is 597 g/mol. The van der Waals surface area contributed by atoms with Gasteiger partial charge in [-0.3, -0.25) is 0 Å². The minimum Gasteiger partial charge on any atom is -0.497 e. The Bertz CT molecular complexity index is 2080. The Morgan fingerprint density at radius 3 is 2.35 bits per heavy atom. The number of fused-ring (bicyclic) bond motifs is 3. The lowest BCUT2D eigenvalue weighted by atomic mass is 9.77. The summed E-state index contributed by atoms with van der Waals surface area (Å²) < 4.78 is 5.67. The fraction of sp³-hybridized carbons (Fsp3) is 0.182. The number of rotatable bonds is 6. The molecule has 0 spiro atoms. The van der Waals surface area contributed by atoms with Crippen molar-refractivity contribution in [3.05, 3.63) is 162 Å². The van der Waals surface area contributed by atoms with Crippen LogP contribution in [0.1, 0.15) is 49.8 Å². The predicted octanol–water partition coefficient (Wildman–Crippen LogP) is 11.5. The number of benzene rings is 5. The lowest BCUT2D eigenvalue weighted by molar-refractivity contribution is 0.415. The summed E-state index contributed by atoms with van der Waals surface area (Å²) in [5.74, 6) is 0.872. The van der Waals surface area contributed by atoms with Crippen molar-refractivity contribution in [2.45, 2.75) is 44.6 Å². The number of methoxy groups -OCH3 is 1. The molecule has 0 aromatic heterocycles. The van der Waals surface area contributed by atoms with E-state index in [1.165, 1.54) is 61.1 Å². The van der Waals surface area contributed by atoms with Gasteiger partial charge in [0.05, 0.1) is 18.8 Å². The van der Waals surface area contributed by atoms with E-state index in [1.807, 2.05) is 0 Å². The molecular weight excluding hydrogens is 558 g/mol. The van der Waals surface area contributed by atoms with Gasteiger partial charge in [0, 0.05) is 16.7 Å². The maximum atomic E-state index is 5.67. The van der Waals surface area contributed by atoms with Crippen molar-refractivity contribution in [2.75, 3.05) is 12.0 Å². The Morgan fingerprint density at radius 1 is 0.783 bits per heavy atom. The molecule has 46 heavy (non-hydrogen) atoms. The van der Waals surface area contributed by atoms with E-state index in [2.05, 4.69) is 158 Å². The second-order valence-electron chi connectivity index (χ2n) is 13.1. The van der Waals surface area contributed by atoms with Crippen LogP contribution in [0.25, 0.3) is 33.0 Å². The predicted molar refractivity (Wildman–Crippen MR) is 195 cm³/mol. The van der Waals surface area contributed by atoms with Gasteiger partial charge in [-0.25, -0.2) is 0 Å². The zero-order valence-electron chi connectivity index (χ0n) is 26.8. The van der Waals surface area contributed by atoms with E-state index in [-0.39, 0.29) is 11.5 Å². The fourth-order valence-corrected chi connectivity index (χ4v) is 7.96. The van der Waals surface area contributed by atoms with E-state index in [4.69, 9.17) is 4.74 Å². The van der Waals surface area contributed by atoms with Gasteiger partial charge >= 0.3 is 0 Å². The van der Waals surface area contributed by atoms with Crippen LogP contribution in [0, 0.1) is 0 Å².